The Balaban J connectivity index is 2.29. The average molecular weight is 328 g/mol. The maximum atomic E-state index is 12.0. The molecule has 7 heteroatoms. The van der Waals surface area contributed by atoms with Crippen molar-refractivity contribution >= 4 is 17.3 Å². The van der Waals surface area contributed by atoms with Gasteiger partial charge in [0, 0.05) is 30.9 Å². The van der Waals surface area contributed by atoms with E-state index in [2.05, 4.69) is 10.3 Å². The molecule has 126 valence electrons. The molecule has 1 heterocycles. The first-order valence-corrected chi connectivity index (χ1v) is 7.59. The number of benzene rings is 1. The first-order valence-electron chi connectivity index (χ1n) is 7.59. The summed E-state index contributed by atoms with van der Waals surface area (Å²) in [5, 5.41) is 14.1. The van der Waals surface area contributed by atoms with Crippen LogP contribution < -0.4 is 10.2 Å². The van der Waals surface area contributed by atoms with Gasteiger partial charge in [-0.05, 0) is 38.1 Å². The van der Waals surface area contributed by atoms with Crippen LogP contribution >= 0.6 is 0 Å². The Morgan fingerprint density at radius 1 is 1.33 bits per heavy atom. The fraction of sp³-hybridized carbons (Fsp3) is 0.294. The molecule has 0 atom stereocenters. The lowest BCUT2D eigenvalue weighted by molar-refractivity contribution is -0.384. The van der Waals surface area contributed by atoms with E-state index in [4.69, 9.17) is 0 Å². The molecule has 0 radical (unpaired) electrons. The van der Waals surface area contributed by atoms with Gasteiger partial charge in [0.25, 0.3) is 11.6 Å². The van der Waals surface area contributed by atoms with Crippen molar-refractivity contribution in [1.29, 1.82) is 0 Å². The molecule has 0 aliphatic rings. The Labute approximate surface area is 140 Å². The van der Waals surface area contributed by atoms with Crippen LogP contribution in [0.15, 0.2) is 42.6 Å². The van der Waals surface area contributed by atoms with Crippen LogP contribution in [0.3, 0.4) is 0 Å². The molecule has 2 rings (SSSR count). The number of hydrogen-bond donors (Lipinski definition) is 1. The van der Waals surface area contributed by atoms with Gasteiger partial charge in [0.1, 0.15) is 5.69 Å². The second-order valence-electron chi connectivity index (χ2n) is 5.77. The predicted molar refractivity (Wildman–Crippen MR) is 92.0 cm³/mol. The molecular weight excluding hydrogens is 308 g/mol. The van der Waals surface area contributed by atoms with Crippen molar-refractivity contribution in [2.24, 2.45) is 0 Å². The number of rotatable bonds is 6. The number of nitro benzene ring substituents is 1. The van der Waals surface area contributed by atoms with Crippen molar-refractivity contribution in [3.8, 4) is 0 Å². The molecule has 1 amide bonds. The highest BCUT2D eigenvalue weighted by molar-refractivity contribution is 5.95. The highest BCUT2D eigenvalue weighted by Crippen LogP contribution is 2.29. The fourth-order valence-corrected chi connectivity index (χ4v) is 2.30. The largest absolute Gasteiger partial charge is 0.363 e. The molecule has 1 aromatic carbocycles. The highest BCUT2D eigenvalue weighted by Gasteiger charge is 2.20. The molecule has 0 fully saturated rings. The van der Waals surface area contributed by atoms with E-state index in [0.717, 1.165) is 5.69 Å². The summed E-state index contributed by atoms with van der Waals surface area (Å²) in [7, 11) is 1.75. The van der Waals surface area contributed by atoms with Gasteiger partial charge >= 0.3 is 0 Å². The summed E-state index contributed by atoms with van der Waals surface area (Å²) < 4.78 is 0. The SMILES string of the molecule is CC(C)NC(=O)c1ccc(N(C)Cc2ccccn2)c([N+](=O)[O-])c1. The summed E-state index contributed by atoms with van der Waals surface area (Å²) in [6.07, 6.45) is 1.68. The lowest BCUT2D eigenvalue weighted by Crippen LogP contribution is -2.30. The zero-order valence-corrected chi connectivity index (χ0v) is 13.9. The quantitative estimate of drug-likeness (QED) is 0.650. The molecule has 0 aliphatic heterocycles. The van der Waals surface area contributed by atoms with E-state index >= 15 is 0 Å². The Morgan fingerprint density at radius 2 is 2.08 bits per heavy atom. The average Bonchev–Trinajstić information content (AvgIpc) is 2.54. The monoisotopic (exact) mass is 328 g/mol. The molecule has 0 aliphatic carbocycles. The molecule has 1 N–H and O–H groups in total. The number of pyridine rings is 1. The van der Waals surface area contributed by atoms with E-state index in [-0.39, 0.29) is 23.2 Å². The summed E-state index contributed by atoms with van der Waals surface area (Å²) >= 11 is 0. The van der Waals surface area contributed by atoms with Gasteiger partial charge in [0.2, 0.25) is 0 Å². The molecule has 0 spiro atoms. The van der Waals surface area contributed by atoms with Crippen molar-refractivity contribution in [3.05, 3.63) is 64.0 Å². The lowest BCUT2D eigenvalue weighted by atomic mass is 10.1. The van der Waals surface area contributed by atoms with Crippen molar-refractivity contribution in [3.63, 3.8) is 0 Å². The third kappa shape index (κ3) is 4.28. The first kappa shape index (κ1) is 17.4. The third-order valence-corrected chi connectivity index (χ3v) is 3.39. The van der Waals surface area contributed by atoms with Crippen LogP contribution in [-0.4, -0.2) is 28.9 Å². The van der Waals surface area contributed by atoms with Gasteiger partial charge in [-0.2, -0.15) is 0 Å². The van der Waals surface area contributed by atoms with E-state index in [1.807, 2.05) is 32.0 Å². The number of anilines is 1. The summed E-state index contributed by atoms with van der Waals surface area (Å²) in [5.74, 6) is -0.327. The van der Waals surface area contributed by atoms with E-state index in [1.165, 1.54) is 6.07 Å². The van der Waals surface area contributed by atoms with Crippen molar-refractivity contribution in [2.75, 3.05) is 11.9 Å². The summed E-state index contributed by atoms with van der Waals surface area (Å²) in [6.45, 7) is 4.10. The molecule has 24 heavy (non-hydrogen) atoms. The fourth-order valence-electron chi connectivity index (χ4n) is 2.30. The molecular formula is C17H20N4O3. The zero-order chi connectivity index (χ0) is 17.7. The maximum Gasteiger partial charge on any atom is 0.293 e. The van der Waals surface area contributed by atoms with E-state index in [0.29, 0.717) is 12.2 Å². The molecule has 2 aromatic rings. The normalized spacial score (nSPS) is 10.5. The van der Waals surface area contributed by atoms with Crippen molar-refractivity contribution in [1.82, 2.24) is 10.3 Å². The molecule has 1 aromatic heterocycles. The van der Waals surface area contributed by atoms with E-state index in [1.54, 1.807) is 30.3 Å². The van der Waals surface area contributed by atoms with Crippen molar-refractivity contribution < 1.29 is 9.72 Å². The van der Waals surface area contributed by atoms with Crippen LogP contribution in [-0.2, 0) is 6.54 Å². The van der Waals surface area contributed by atoms with Gasteiger partial charge in [0.15, 0.2) is 0 Å². The Hall–Kier alpha value is -2.96. The number of carbonyl (C=O) groups is 1. The minimum Gasteiger partial charge on any atom is -0.363 e. The van der Waals surface area contributed by atoms with E-state index < -0.39 is 4.92 Å². The number of nitrogens with zero attached hydrogens (tertiary/aromatic N) is 3. The van der Waals surface area contributed by atoms with Crippen LogP contribution in [0.25, 0.3) is 0 Å². The zero-order valence-electron chi connectivity index (χ0n) is 13.9. The molecule has 0 bridgehead atoms. The first-order chi connectivity index (χ1) is 11.4. The predicted octanol–water partition coefficient (Wildman–Crippen LogP) is 2.76. The van der Waals surface area contributed by atoms with Crippen LogP contribution in [0.2, 0.25) is 0 Å². The van der Waals surface area contributed by atoms with Gasteiger partial charge < -0.3 is 10.2 Å². The second-order valence-corrected chi connectivity index (χ2v) is 5.77. The smallest absolute Gasteiger partial charge is 0.293 e. The number of aromatic nitrogens is 1. The Kier molecular flexibility index (Phi) is 5.47. The molecule has 0 saturated carbocycles. The van der Waals surface area contributed by atoms with Gasteiger partial charge in [-0.3, -0.25) is 19.9 Å². The van der Waals surface area contributed by atoms with Gasteiger partial charge in [0.05, 0.1) is 17.2 Å². The number of nitrogens with one attached hydrogen (secondary N) is 1. The number of hydrogen-bond acceptors (Lipinski definition) is 5. The standard InChI is InChI=1S/C17H20N4O3/c1-12(2)19-17(22)13-7-8-15(16(10-13)21(23)24)20(3)11-14-6-4-5-9-18-14/h4-10,12H,11H2,1-3H3,(H,19,22). The molecule has 7 nitrogen and oxygen atoms in total. The summed E-state index contributed by atoms with van der Waals surface area (Å²) in [6, 6.07) is 9.99. The molecule has 0 saturated heterocycles. The van der Waals surface area contributed by atoms with Crippen LogP contribution in [0, 0.1) is 10.1 Å². The van der Waals surface area contributed by atoms with Crippen molar-refractivity contribution in [2.45, 2.75) is 26.4 Å². The Morgan fingerprint density at radius 3 is 2.67 bits per heavy atom. The Bertz CT molecular complexity index is 732. The van der Waals surface area contributed by atoms with Gasteiger partial charge in [-0.1, -0.05) is 6.07 Å². The maximum absolute atomic E-state index is 12.0. The second kappa shape index (κ2) is 7.54. The summed E-state index contributed by atoms with van der Waals surface area (Å²) in [5.41, 5.74) is 1.40. The minimum atomic E-state index is -0.476. The minimum absolute atomic E-state index is 0.0388. The van der Waals surface area contributed by atoms with Gasteiger partial charge in [-0.15, -0.1) is 0 Å². The van der Waals surface area contributed by atoms with E-state index in [9.17, 15) is 14.9 Å². The number of carbonyl (C=O) groups excluding carboxylic acids is 1. The van der Waals surface area contributed by atoms with Crippen LogP contribution in [0.4, 0.5) is 11.4 Å². The third-order valence-electron chi connectivity index (χ3n) is 3.39. The van der Waals surface area contributed by atoms with Crippen LogP contribution in [0.1, 0.15) is 29.9 Å². The number of nitro groups is 1. The molecule has 0 unspecified atom stereocenters. The number of amides is 1. The highest BCUT2D eigenvalue weighted by atomic mass is 16.6. The van der Waals surface area contributed by atoms with Crippen LogP contribution in [0.5, 0.6) is 0 Å². The topological polar surface area (TPSA) is 88.4 Å². The van der Waals surface area contributed by atoms with Gasteiger partial charge in [-0.25, -0.2) is 0 Å². The summed E-state index contributed by atoms with van der Waals surface area (Å²) in [4.78, 5) is 28.9. The lowest BCUT2D eigenvalue weighted by Gasteiger charge is -2.19.